The average Bonchev–Trinajstić information content (AvgIpc) is 2.85. The van der Waals surface area contributed by atoms with Gasteiger partial charge in [-0.1, -0.05) is 29.8 Å². The summed E-state index contributed by atoms with van der Waals surface area (Å²) in [5.74, 6) is -1.04. The van der Waals surface area contributed by atoms with Gasteiger partial charge in [0.05, 0.1) is 5.56 Å². The van der Waals surface area contributed by atoms with E-state index in [-0.39, 0.29) is 5.56 Å². The molecule has 0 bridgehead atoms. The molecule has 1 aromatic heterocycles. The van der Waals surface area contributed by atoms with Gasteiger partial charge in [-0.05, 0) is 49.2 Å². The highest BCUT2D eigenvalue weighted by atomic mass is 32.1. The standard InChI is InChI=1S/C18H14F2S/c1-11-3-6-13(7-4-11)14-9-15(19)18(16(20)10-14)17-8-5-12(2)21-17/h3-10H,1-2H3. The van der Waals surface area contributed by atoms with Crippen molar-refractivity contribution < 1.29 is 8.78 Å². The van der Waals surface area contributed by atoms with Crippen molar-refractivity contribution in [1.29, 1.82) is 0 Å². The lowest BCUT2D eigenvalue weighted by molar-refractivity contribution is 0.591. The van der Waals surface area contributed by atoms with Crippen LogP contribution in [0, 0.1) is 25.5 Å². The second-order valence-corrected chi connectivity index (χ2v) is 6.38. The van der Waals surface area contributed by atoms with E-state index in [0.29, 0.717) is 10.4 Å². The van der Waals surface area contributed by atoms with E-state index in [0.717, 1.165) is 16.0 Å². The molecule has 0 N–H and O–H groups in total. The first-order chi connectivity index (χ1) is 10.0. The van der Waals surface area contributed by atoms with E-state index < -0.39 is 11.6 Å². The fourth-order valence-corrected chi connectivity index (χ4v) is 3.21. The molecule has 3 heteroatoms. The summed E-state index contributed by atoms with van der Waals surface area (Å²) in [4.78, 5) is 1.66. The molecule has 0 saturated carbocycles. The van der Waals surface area contributed by atoms with Crippen molar-refractivity contribution in [2.75, 3.05) is 0 Å². The smallest absolute Gasteiger partial charge is 0.135 e. The summed E-state index contributed by atoms with van der Waals surface area (Å²) < 4.78 is 28.7. The molecule has 0 radical (unpaired) electrons. The third-order valence-corrected chi connectivity index (χ3v) is 4.43. The Morgan fingerprint density at radius 3 is 1.90 bits per heavy atom. The van der Waals surface area contributed by atoms with E-state index in [1.165, 1.54) is 23.5 Å². The van der Waals surface area contributed by atoms with Crippen LogP contribution in [0.25, 0.3) is 21.6 Å². The molecular formula is C18H14F2S. The molecule has 3 rings (SSSR count). The van der Waals surface area contributed by atoms with Gasteiger partial charge in [0.1, 0.15) is 11.6 Å². The normalized spacial score (nSPS) is 10.9. The molecule has 106 valence electrons. The lowest BCUT2D eigenvalue weighted by Gasteiger charge is -2.07. The molecule has 0 fully saturated rings. The minimum atomic E-state index is -0.521. The second kappa shape index (κ2) is 5.41. The quantitative estimate of drug-likeness (QED) is 0.546. The van der Waals surface area contributed by atoms with Crippen molar-refractivity contribution in [3.05, 3.63) is 70.6 Å². The molecule has 0 spiro atoms. The number of thiophene rings is 1. The van der Waals surface area contributed by atoms with Crippen molar-refractivity contribution in [2.45, 2.75) is 13.8 Å². The zero-order valence-electron chi connectivity index (χ0n) is 11.8. The molecular weight excluding hydrogens is 286 g/mol. The SMILES string of the molecule is Cc1ccc(-c2cc(F)c(-c3ccc(C)s3)c(F)c2)cc1. The minimum absolute atomic E-state index is 0.0592. The lowest BCUT2D eigenvalue weighted by Crippen LogP contribution is -1.90. The number of hydrogen-bond acceptors (Lipinski definition) is 1. The van der Waals surface area contributed by atoms with E-state index in [1.54, 1.807) is 6.07 Å². The zero-order chi connectivity index (χ0) is 15.0. The van der Waals surface area contributed by atoms with Crippen LogP contribution in [0.4, 0.5) is 8.78 Å². The maximum absolute atomic E-state index is 14.3. The third kappa shape index (κ3) is 2.74. The Bertz CT molecular complexity index is 762. The van der Waals surface area contributed by atoms with Crippen LogP contribution in [0.15, 0.2) is 48.5 Å². The number of halogens is 2. The Labute approximate surface area is 126 Å². The van der Waals surface area contributed by atoms with Crippen LogP contribution in [0.1, 0.15) is 10.4 Å². The summed E-state index contributed by atoms with van der Waals surface area (Å²) in [5, 5.41) is 0. The first kappa shape index (κ1) is 14.0. The fraction of sp³-hybridized carbons (Fsp3) is 0.111. The van der Waals surface area contributed by atoms with Crippen LogP contribution < -0.4 is 0 Å². The van der Waals surface area contributed by atoms with Gasteiger partial charge in [0, 0.05) is 9.75 Å². The Balaban J connectivity index is 2.09. The first-order valence-corrected chi connectivity index (χ1v) is 7.49. The van der Waals surface area contributed by atoms with Gasteiger partial charge in [-0.15, -0.1) is 11.3 Å². The van der Waals surface area contributed by atoms with Crippen LogP contribution in [0.3, 0.4) is 0 Å². The molecule has 0 saturated heterocycles. The molecule has 0 amide bonds. The topological polar surface area (TPSA) is 0 Å². The van der Waals surface area contributed by atoms with Crippen LogP contribution in [-0.4, -0.2) is 0 Å². The van der Waals surface area contributed by atoms with E-state index in [2.05, 4.69) is 0 Å². The van der Waals surface area contributed by atoms with Crippen molar-refractivity contribution in [3.63, 3.8) is 0 Å². The summed E-state index contributed by atoms with van der Waals surface area (Å²) >= 11 is 1.39. The summed E-state index contributed by atoms with van der Waals surface area (Å²) in [6, 6.07) is 14.0. The maximum atomic E-state index is 14.3. The minimum Gasteiger partial charge on any atom is -0.206 e. The van der Waals surface area contributed by atoms with Crippen LogP contribution in [0.5, 0.6) is 0 Å². The van der Waals surface area contributed by atoms with Gasteiger partial charge < -0.3 is 0 Å². The maximum Gasteiger partial charge on any atom is 0.135 e. The van der Waals surface area contributed by atoms with Crippen LogP contribution in [-0.2, 0) is 0 Å². The highest BCUT2D eigenvalue weighted by molar-refractivity contribution is 7.15. The van der Waals surface area contributed by atoms with Gasteiger partial charge in [-0.3, -0.25) is 0 Å². The summed E-state index contributed by atoms with van der Waals surface area (Å²) in [5.41, 5.74) is 2.55. The van der Waals surface area contributed by atoms with E-state index in [4.69, 9.17) is 0 Å². The molecule has 1 heterocycles. The molecule has 21 heavy (non-hydrogen) atoms. The number of benzene rings is 2. The van der Waals surface area contributed by atoms with Gasteiger partial charge in [-0.25, -0.2) is 8.78 Å². The van der Waals surface area contributed by atoms with Crippen molar-refractivity contribution in [1.82, 2.24) is 0 Å². The molecule has 0 nitrogen and oxygen atoms in total. The summed E-state index contributed by atoms with van der Waals surface area (Å²) in [7, 11) is 0. The highest BCUT2D eigenvalue weighted by Crippen LogP contribution is 2.34. The first-order valence-electron chi connectivity index (χ1n) is 6.67. The molecule has 0 aliphatic heterocycles. The Hall–Kier alpha value is -2.00. The average molecular weight is 300 g/mol. The van der Waals surface area contributed by atoms with Gasteiger partial charge in [-0.2, -0.15) is 0 Å². The number of hydrogen-bond donors (Lipinski definition) is 0. The summed E-state index contributed by atoms with van der Waals surface area (Å²) in [6.45, 7) is 3.90. The highest BCUT2D eigenvalue weighted by Gasteiger charge is 2.15. The molecule has 0 atom stereocenters. The second-order valence-electron chi connectivity index (χ2n) is 5.09. The van der Waals surface area contributed by atoms with Crippen LogP contribution >= 0.6 is 11.3 Å². The third-order valence-electron chi connectivity index (χ3n) is 3.41. The molecule has 2 aromatic carbocycles. The number of aryl methyl sites for hydroxylation is 2. The fourth-order valence-electron chi connectivity index (χ4n) is 2.29. The molecule has 0 unspecified atom stereocenters. The lowest BCUT2D eigenvalue weighted by atomic mass is 10.0. The Morgan fingerprint density at radius 2 is 1.38 bits per heavy atom. The summed E-state index contributed by atoms with van der Waals surface area (Å²) in [6.07, 6.45) is 0. The van der Waals surface area contributed by atoms with Crippen LogP contribution in [0.2, 0.25) is 0 Å². The van der Waals surface area contributed by atoms with Gasteiger partial charge in [0.15, 0.2) is 0 Å². The molecule has 0 aliphatic carbocycles. The monoisotopic (exact) mass is 300 g/mol. The van der Waals surface area contributed by atoms with E-state index in [1.807, 2.05) is 44.2 Å². The Morgan fingerprint density at radius 1 is 0.762 bits per heavy atom. The van der Waals surface area contributed by atoms with E-state index in [9.17, 15) is 8.78 Å². The largest absolute Gasteiger partial charge is 0.206 e. The van der Waals surface area contributed by atoms with Crippen molar-refractivity contribution >= 4 is 11.3 Å². The van der Waals surface area contributed by atoms with Crippen molar-refractivity contribution in [2.24, 2.45) is 0 Å². The molecule has 0 aliphatic rings. The number of rotatable bonds is 2. The van der Waals surface area contributed by atoms with Gasteiger partial charge >= 0.3 is 0 Å². The van der Waals surface area contributed by atoms with E-state index >= 15 is 0 Å². The van der Waals surface area contributed by atoms with Crippen molar-refractivity contribution in [3.8, 4) is 21.6 Å². The Kier molecular flexibility index (Phi) is 3.60. The molecule has 3 aromatic rings. The van der Waals surface area contributed by atoms with Gasteiger partial charge in [0.25, 0.3) is 0 Å². The predicted octanol–water partition coefficient (Wildman–Crippen LogP) is 5.98. The zero-order valence-corrected chi connectivity index (χ0v) is 12.6. The van der Waals surface area contributed by atoms with Gasteiger partial charge in [0.2, 0.25) is 0 Å². The predicted molar refractivity (Wildman–Crippen MR) is 84.6 cm³/mol.